The number of aliphatic hydroxyl groups excluding tert-OH is 1. The lowest BCUT2D eigenvalue weighted by atomic mass is 9.93. The third-order valence-electron chi connectivity index (χ3n) is 5.71. The number of aliphatic hydroxyl groups is 1. The predicted octanol–water partition coefficient (Wildman–Crippen LogP) is 5.32. The van der Waals surface area contributed by atoms with Crippen molar-refractivity contribution in [2.24, 2.45) is 0 Å². The van der Waals surface area contributed by atoms with E-state index in [-0.39, 0.29) is 11.3 Å². The Morgan fingerprint density at radius 1 is 1.15 bits per heavy atom. The molecule has 7 heteroatoms. The number of rotatable bonds is 9. The van der Waals surface area contributed by atoms with Gasteiger partial charge in [0.05, 0.1) is 23.2 Å². The van der Waals surface area contributed by atoms with E-state index in [9.17, 15) is 14.7 Å². The molecule has 1 aliphatic rings. The molecule has 1 heterocycles. The number of methoxy groups -OCH3 is 1. The summed E-state index contributed by atoms with van der Waals surface area (Å²) in [5.74, 6) is -0.782. The van der Waals surface area contributed by atoms with Crippen molar-refractivity contribution in [3.8, 4) is 5.75 Å². The fraction of sp³-hybridized carbons (Fsp3) is 0.385. The van der Waals surface area contributed by atoms with Gasteiger partial charge in [0.15, 0.2) is 0 Å². The minimum atomic E-state index is -0.715. The fourth-order valence-electron chi connectivity index (χ4n) is 3.98. The van der Waals surface area contributed by atoms with E-state index in [2.05, 4.69) is 13.8 Å². The molecule has 0 spiro atoms. The SMILES string of the molecule is CCOc1ccc(C(O)=C2C(=O)C(=O)N(CCCOC)C2c2ccc(C(C)C)cc2)cc1Cl. The van der Waals surface area contributed by atoms with Gasteiger partial charge in [-0.25, -0.2) is 0 Å². The highest BCUT2D eigenvalue weighted by molar-refractivity contribution is 6.46. The first kappa shape index (κ1) is 24.8. The number of hydrogen-bond acceptors (Lipinski definition) is 5. The van der Waals surface area contributed by atoms with Gasteiger partial charge < -0.3 is 19.5 Å². The largest absolute Gasteiger partial charge is 0.507 e. The van der Waals surface area contributed by atoms with Crippen LogP contribution in [0.25, 0.3) is 5.76 Å². The van der Waals surface area contributed by atoms with Gasteiger partial charge in [0.1, 0.15) is 11.5 Å². The molecule has 33 heavy (non-hydrogen) atoms. The highest BCUT2D eigenvalue weighted by Gasteiger charge is 2.45. The molecule has 2 aromatic rings. The second-order valence-corrected chi connectivity index (χ2v) is 8.65. The summed E-state index contributed by atoms with van der Waals surface area (Å²) < 4.78 is 10.6. The van der Waals surface area contributed by atoms with E-state index >= 15 is 0 Å². The Kier molecular flexibility index (Phi) is 8.16. The maximum Gasteiger partial charge on any atom is 0.295 e. The molecule has 0 saturated carbocycles. The van der Waals surface area contributed by atoms with Crippen molar-refractivity contribution in [3.63, 3.8) is 0 Å². The van der Waals surface area contributed by atoms with Crippen LogP contribution in [0.15, 0.2) is 48.0 Å². The Hall–Kier alpha value is -2.83. The van der Waals surface area contributed by atoms with Crippen molar-refractivity contribution in [2.45, 2.75) is 39.2 Å². The number of nitrogens with zero attached hydrogens (tertiary/aromatic N) is 1. The second-order valence-electron chi connectivity index (χ2n) is 8.24. The van der Waals surface area contributed by atoms with Crippen molar-refractivity contribution in [2.75, 3.05) is 26.9 Å². The molecule has 0 bridgehead atoms. The monoisotopic (exact) mass is 471 g/mol. The van der Waals surface area contributed by atoms with E-state index in [1.807, 2.05) is 31.2 Å². The number of ether oxygens (including phenoxy) is 2. The molecule has 176 valence electrons. The van der Waals surface area contributed by atoms with Crippen molar-refractivity contribution < 1.29 is 24.2 Å². The number of halogens is 1. The van der Waals surface area contributed by atoms with Gasteiger partial charge in [-0.15, -0.1) is 0 Å². The molecule has 1 saturated heterocycles. The number of carbonyl (C=O) groups is 2. The molecule has 2 aromatic carbocycles. The third-order valence-corrected chi connectivity index (χ3v) is 6.01. The minimum Gasteiger partial charge on any atom is -0.507 e. The highest BCUT2D eigenvalue weighted by atomic mass is 35.5. The van der Waals surface area contributed by atoms with Crippen LogP contribution in [0.1, 0.15) is 55.8 Å². The molecule has 3 rings (SSSR count). The van der Waals surface area contributed by atoms with E-state index in [0.29, 0.717) is 48.4 Å². The zero-order chi connectivity index (χ0) is 24.1. The molecular formula is C26H30ClNO5. The topological polar surface area (TPSA) is 76.1 Å². The van der Waals surface area contributed by atoms with Gasteiger partial charge in [0.25, 0.3) is 11.7 Å². The van der Waals surface area contributed by atoms with Gasteiger partial charge in [-0.1, -0.05) is 49.7 Å². The molecular weight excluding hydrogens is 442 g/mol. The maximum absolute atomic E-state index is 13.1. The summed E-state index contributed by atoms with van der Waals surface area (Å²) in [5.41, 5.74) is 2.31. The summed E-state index contributed by atoms with van der Waals surface area (Å²) in [6.45, 7) is 7.28. The molecule has 0 aliphatic carbocycles. The lowest BCUT2D eigenvalue weighted by molar-refractivity contribution is -0.140. The number of carbonyl (C=O) groups excluding carboxylic acids is 2. The summed E-state index contributed by atoms with van der Waals surface area (Å²) in [5, 5.41) is 11.5. The van der Waals surface area contributed by atoms with Crippen LogP contribution in [0.3, 0.4) is 0 Å². The molecule has 0 aromatic heterocycles. The molecule has 0 radical (unpaired) electrons. The molecule has 1 aliphatic heterocycles. The summed E-state index contributed by atoms with van der Waals surface area (Å²) in [7, 11) is 1.59. The number of likely N-dealkylation sites (tertiary alicyclic amines) is 1. The molecule has 1 amide bonds. The zero-order valence-corrected chi connectivity index (χ0v) is 20.2. The molecule has 1 unspecified atom stereocenters. The summed E-state index contributed by atoms with van der Waals surface area (Å²) >= 11 is 6.30. The smallest absolute Gasteiger partial charge is 0.295 e. The first-order chi connectivity index (χ1) is 15.8. The molecule has 6 nitrogen and oxygen atoms in total. The molecule has 1 fully saturated rings. The van der Waals surface area contributed by atoms with Crippen molar-refractivity contribution in [1.82, 2.24) is 4.90 Å². The second kappa shape index (κ2) is 10.9. The van der Waals surface area contributed by atoms with Crippen molar-refractivity contribution in [1.29, 1.82) is 0 Å². The molecule has 1 atom stereocenters. The number of Topliss-reactive ketones (excluding diaryl/α,β-unsaturated/α-hetero) is 1. The van der Waals surface area contributed by atoms with E-state index in [4.69, 9.17) is 21.1 Å². The van der Waals surface area contributed by atoms with Crippen LogP contribution < -0.4 is 4.74 Å². The fourth-order valence-corrected chi connectivity index (χ4v) is 4.21. The van der Waals surface area contributed by atoms with Crippen LogP contribution in [0, 0.1) is 0 Å². The summed E-state index contributed by atoms with van der Waals surface area (Å²) in [6.07, 6.45) is 0.568. The average molecular weight is 472 g/mol. The average Bonchev–Trinajstić information content (AvgIpc) is 3.05. The molecule has 1 N–H and O–H groups in total. The van der Waals surface area contributed by atoms with Crippen LogP contribution in [0.2, 0.25) is 5.02 Å². The van der Waals surface area contributed by atoms with Crippen LogP contribution in [0.4, 0.5) is 0 Å². The van der Waals surface area contributed by atoms with Crippen LogP contribution in [-0.2, 0) is 14.3 Å². The standard InChI is InChI=1S/C26H30ClNO5/c1-5-33-21-12-11-19(15-20(21)27)24(29)22-23(18-9-7-17(8-10-18)16(2)3)28(13-6-14-32-4)26(31)25(22)30/h7-12,15-16,23,29H,5-6,13-14H2,1-4H3. The Bertz CT molecular complexity index is 1050. The lowest BCUT2D eigenvalue weighted by Gasteiger charge is -2.25. The van der Waals surface area contributed by atoms with Crippen molar-refractivity contribution in [3.05, 3.63) is 69.8 Å². The maximum atomic E-state index is 13.1. The quantitative estimate of drug-likeness (QED) is 0.232. The van der Waals surface area contributed by atoms with E-state index in [1.165, 1.54) is 4.90 Å². The number of ketones is 1. The minimum absolute atomic E-state index is 0.0509. The predicted molar refractivity (Wildman–Crippen MR) is 129 cm³/mol. The summed E-state index contributed by atoms with van der Waals surface area (Å²) in [6, 6.07) is 11.9. The van der Waals surface area contributed by atoms with Gasteiger partial charge in [0.2, 0.25) is 0 Å². The Labute approximate surface area is 199 Å². The number of hydrogen-bond donors (Lipinski definition) is 1. The highest BCUT2D eigenvalue weighted by Crippen LogP contribution is 2.40. The Balaban J connectivity index is 2.10. The van der Waals surface area contributed by atoms with Gasteiger partial charge >= 0.3 is 0 Å². The van der Waals surface area contributed by atoms with Crippen LogP contribution in [-0.4, -0.2) is 48.6 Å². The number of amides is 1. The Morgan fingerprint density at radius 2 is 1.85 bits per heavy atom. The third kappa shape index (κ3) is 5.23. The van der Waals surface area contributed by atoms with Gasteiger partial charge in [-0.3, -0.25) is 9.59 Å². The van der Waals surface area contributed by atoms with Crippen LogP contribution in [0.5, 0.6) is 5.75 Å². The van der Waals surface area contributed by atoms with Gasteiger partial charge in [-0.05, 0) is 48.6 Å². The zero-order valence-electron chi connectivity index (χ0n) is 19.4. The van der Waals surface area contributed by atoms with Crippen molar-refractivity contribution >= 4 is 29.1 Å². The van der Waals surface area contributed by atoms with Gasteiger partial charge in [0, 0.05) is 25.8 Å². The normalized spacial score (nSPS) is 17.8. The first-order valence-corrected chi connectivity index (χ1v) is 11.5. The van der Waals surface area contributed by atoms with E-state index in [0.717, 1.165) is 11.1 Å². The van der Waals surface area contributed by atoms with Crippen LogP contribution >= 0.6 is 11.6 Å². The van der Waals surface area contributed by atoms with Gasteiger partial charge in [-0.2, -0.15) is 0 Å². The van der Waals surface area contributed by atoms with E-state index < -0.39 is 17.7 Å². The first-order valence-electron chi connectivity index (χ1n) is 11.1. The lowest BCUT2D eigenvalue weighted by Crippen LogP contribution is -2.31. The number of benzene rings is 2. The Morgan fingerprint density at radius 3 is 2.42 bits per heavy atom. The van der Waals surface area contributed by atoms with E-state index in [1.54, 1.807) is 25.3 Å². The summed E-state index contributed by atoms with van der Waals surface area (Å²) in [4.78, 5) is 27.5.